The van der Waals surface area contributed by atoms with E-state index < -0.39 is 0 Å². The fourth-order valence-corrected chi connectivity index (χ4v) is 2.35. The van der Waals surface area contributed by atoms with Crippen molar-refractivity contribution in [1.29, 1.82) is 0 Å². The topological polar surface area (TPSA) is 49.8 Å². The fourth-order valence-electron chi connectivity index (χ4n) is 2.35. The molecule has 1 saturated heterocycles. The molecule has 1 N–H and O–H groups in total. The van der Waals surface area contributed by atoms with Crippen LogP contribution in [0.1, 0.15) is 28.8 Å². The van der Waals surface area contributed by atoms with Gasteiger partial charge in [0.05, 0.1) is 6.10 Å². The Morgan fingerprint density at radius 2 is 2.20 bits per heavy atom. The van der Waals surface area contributed by atoms with E-state index in [2.05, 4.69) is 11.8 Å². The summed E-state index contributed by atoms with van der Waals surface area (Å²) in [6, 6.07) is 7.22. The zero-order valence-corrected chi connectivity index (χ0v) is 11.6. The smallest absolute Gasteiger partial charge is 0.253 e. The monoisotopic (exact) mass is 273 g/mol. The highest BCUT2D eigenvalue weighted by atomic mass is 16.5. The molecule has 1 aliphatic heterocycles. The van der Waals surface area contributed by atoms with E-state index in [4.69, 9.17) is 9.84 Å². The van der Waals surface area contributed by atoms with Crippen molar-refractivity contribution < 1.29 is 14.6 Å². The number of aliphatic hydroxyl groups excluding tert-OH is 1. The van der Waals surface area contributed by atoms with Gasteiger partial charge >= 0.3 is 0 Å². The molecule has 1 aliphatic rings. The summed E-state index contributed by atoms with van der Waals surface area (Å²) in [5, 5.41) is 8.70. The van der Waals surface area contributed by atoms with E-state index in [-0.39, 0.29) is 18.6 Å². The predicted molar refractivity (Wildman–Crippen MR) is 76.3 cm³/mol. The Hall–Kier alpha value is -1.83. The molecule has 0 spiro atoms. The van der Waals surface area contributed by atoms with Crippen LogP contribution in [-0.4, -0.2) is 48.8 Å². The third-order valence-electron chi connectivity index (χ3n) is 3.48. The summed E-state index contributed by atoms with van der Waals surface area (Å²) in [6.07, 6.45) is 2.03. The molecule has 1 fully saturated rings. The summed E-state index contributed by atoms with van der Waals surface area (Å²) in [5.41, 5.74) is 1.39. The lowest BCUT2D eigenvalue weighted by Crippen LogP contribution is -2.40. The SMILES string of the molecule is COC1CCN(C(=O)c2cccc(C#CCO)c2)CC1. The average molecular weight is 273 g/mol. The number of benzene rings is 1. The van der Waals surface area contributed by atoms with Crippen molar-refractivity contribution in [2.45, 2.75) is 18.9 Å². The van der Waals surface area contributed by atoms with E-state index in [1.807, 2.05) is 17.0 Å². The highest BCUT2D eigenvalue weighted by Gasteiger charge is 2.23. The summed E-state index contributed by atoms with van der Waals surface area (Å²) < 4.78 is 5.31. The first-order valence-electron chi connectivity index (χ1n) is 6.76. The first kappa shape index (κ1) is 14.6. The van der Waals surface area contributed by atoms with Crippen molar-refractivity contribution in [2.75, 3.05) is 26.8 Å². The number of hydrogen-bond acceptors (Lipinski definition) is 3. The van der Waals surface area contributed by atoms with Gasteiger partial charge in [-0.2, -0.15) is 0 Å². The van der Waals surface area contributed by atoms with Gasteiger partial charge in [-0.3, -0.25) is 4.79 Å². The zero-order valence-electron chi connectivity index (χ0n) is 11.6. The molecule has 0 aliphatic carbocycles. The zero-order chi connectivity index (χ0) is 14.4. The summed E-state index contributed by atoms with van der Waals surface area (Å²) in [4.78, 5) is 14.3. The largest absolute Gasteiger partial charge is 0.384 e. The number of amides is 1. The van der Waals surface area contributed by atoms with E-state index in [1.54, 1.807) is 19.2 Å². The van der Waals surface area contributed by atoms with Crippen LogP contribution in [0.5, 0.6) is 0 Å². The molecule has 20 heavy (non-hydrogen) atoms. The number of methoxy groups -OCH3 is 1. The van der Waals surface area contributed by atoms with Crippen LogP contribution < -0.4 is 0 Å². The number of nitrogens with zero attached hydrogens (tertiary/aromatic N) is 1. The van der Waals surface area contributed by atoms with Crippen molar-refractivity contribution in [2.24, 2.45) is 0 Å². The van der Waals surface area contributed by atoms with Crippen molar-refractivity contribution >= 4 is 5.91 Å². The first-order valence-corrected chi connectivity index (χ1v) is 6.76. The number of carbonyl (C=O) groups is 1. The molecule has 0 atom stereocenters. The van der Waals surface area contributed by atoms with E-state index in [0.717, 1.165) is 31.5 Å². The molecule has 106 valence electrons. The van der Waals surface area contributed by atoms with Gasteiger partial charge in [-0.1, -0.05) is 17.9 Å². The molecular formula is C16H19NO3. The third kappa shape index (κ3) is 3.60. The average Bonchev–Trinajstić information content (AvgIpc) is 2.52. The van der Waals surface area contributed by atoms with Gasteiger partial charge in [-0.25, -0.2) is 0 Å². The lowest BCUT2D eigenvalue weighted by atomic mass is 10.1. The molecule has 1 heterocycles. The maximum Gasteiger partial charge on any atom is 0.253 e. The van der Waals surface area contributed by atoms with Crippen molar-refractivity contribution in [3.63, 3.8) is 0 Å². The lowest BCUT2D eigenvalue weighted by molar-refractivity contribution is 0.0351. The second-order valence-corrected chi connectivity index (χ2v) is 4.77. The molecule has 1 aromatic rings. The van der Waals surface area contributed by atoms with Crippen LogP contribution in [0.4, 0.5) is 0 Å². The minimum atomic E-state index is -0.178. The van der Waals surface area contributed by atoms with Crippen LogP contribution in [0, 0.1) is 11.8 Å². The molecule has 4 heteroatoms. The molecular weight excluding hydrogens is 254 g/mol. The quantitative estimate of drug-likeness (QED) is 0.826. The molecule has 1 amide bonds. The van der Waals surface area contributed by atoms with Crippen LogP contribution in [0.15, 0.2) is 24.3 Å². The molecule has 0 unspecified atom stereocenters. The van der Waals surface area contributed by atoms with Crippen LogP contribution in [0.3, 0.4) is 0 Å². The summed E-state index contributed by atoms with van der Waals surface area (Å²) >= 11 is 0. The van der Waals surface area contributed by atoms with Crippen molar-refractivity contribution in [1.82, 2.24) is 4.90 Å². The van der Waals surface area contributed by atoms with Gasteiger partial charge < -0.3 is 14.7 Å². The van der Waals surface area contributed by atoms with Gasteiger partial charge in [0.25, 0.3) is 5.91 Å². The Labute approximate surface area is 119 Å². The van der Waals surface area contributed by atoms with Crippen LogP contribution in [0.2, 0.25) is 0 Å². The highest BCUT2D eigenvalue weighted by molar-refractivity contribution is 5.94. The number of aliphatic hydroxyl groups is 1. The summed E-state index contributed by atoms with van der Waals surface area (Å²) in [5.74, 6) is 5.44. The first-order chi connectivity index (χ1) is 9.74. The minimum absolute atomic E-state index is 0.0344. The third-order valence-corrected chi connectivity index (χ3v) is 3.48. The Morgan fingerprint density at radius 1 is 1.45 bits per heavy atom. The molecule has 0 bridgehead atoms. The van der Waals surface area contributed by atoms with Gasteiger partial charge in [-0.15, -0.1) is 0 Å². The Morgan fingerprint density at radius 3 is 2.85 bits per heavy atom. The van der Waals surface area contributed by atoms with Crippen LogP contribution in [-0.2, 0) is 4.74 Å². The number of piperidine rings is 1. The number of hydrogen-bond donors (Lipinski definition) is 1. The maximum atomic E-state index is 12.4. The van der Waals surface area contributed by atoms with Crippen LogP contribution >= 0.6 is 0 Å². The van der Waals surface area contributed by atoms with E-state index in [0.29, 0.717) is 5.56 Å². The Balaban J connectivity index is 2.06. The number of carbonyl (C=O) groups excluding carboxylic acids is 1. The van der Waals surface area contributed by atoms with Gasteiger partial charge in [-0.05, 0) is 31.0 Å². The molecule has 0 radical (unpaired) electrons. The van der Waals surface area contributed by atoms with E-state index in [9.17, 15) is 4.79 Å². The number of likely N-dealkylation sites (tertiary alicyclic amines) is 1. The number of rotatable bonds is 2. The predicted octanol–water partition coefficient (Wildman–Crippen LogP) is 1.28. The summed E-state index contributed by atoms with van der Waals surface area (Å²) in [7, 11) is 1.71. The number of ether oxygens (including phenoxy) is 1. The minimum Gasteiger partial charge on any atom is -0.384 e. The van der Waals surface area contributed by atoms with Gasteiger partial charge in [0.1, 0.15) is 6.61 Å². The van der Waals surface area contributed by atoms with Gasteiger partial charge in [0.2, 0.25) is 0 Å². The highest BCUT2D eigenvalue weighted by Crippen LogP contribution is 2.16. The van der Waals surface area contributed by atoms with E-state index >= 15 is 0 Å². The standard InChI is InChI=1S/C16H19NO3/c1-20-15-7-9-17(10-8-15)16(19)14-6-2-4-13(12-14)5-3-11-18/h2,4,6,12,15,18H,7-11H2,1H3. The molecule has 1 aromatic carbocycles. The second-order valence-electron chi connectivity index (χ2n) is 4.77. The molecule has 2 rings (SSSR count). The van der Waals surface area contributed by atoms with Crippen molar-refractivity contribution in [3.8, 4) is 11.8 Å². The van der Waals surface area contributed by atoms with Gasteiger partial charge in [0, 0.05) is 31.3 Å². The lowest BCUT2D eigenvalue weighted by Gasteiger charge is -2.31. The molecule has 0 aromatic heterocycles. The Kier molecular flexibility index (Phi) is 5.16. The molecule has 4 nitrogen and oxygen atoms in total. The molecule has 0 saturated carbocycles. The van der Waals surface area contributed by atoms with E-state index in [1.165, 1.54) is 0 Å². The van der Waals surface area contributed by atoms with Crippen LogP contribution in [0.25, 0.3) is 0 Å². The summed E-state index contributed by atoms with van der Waals surface area (Å²) in [6.45, 7) is 1.27. The fraction of sp³-hybridized carbons (Fsp3) is 0.438. The maximum absolute atomic E-state index is 12.4. The van der Waals surface area contributed by atoms with Crippen molar-refractivity contribution in [3.05, 3.63) is 35.4 Å². The van der Waals surface area contributed by atoms with Gasteiger partial charge in [0.15, 0.2) is 0 Å². The Bertz CT molecular complexity index is 522. The second kappa shape index (κ2) is 7.09. The normalized spacial score (nSPS) is 15.6.